The Hall–Kier alpha value is -2.86. The van der Waals surface area contributed by atoms with Crippen molar-refractivity contribution in [3.8, 4) is 0 Å². The smallest absolute Gasteiger partial charge is 0.270 e. The first kappa shape index (κ1) is 19.9. The molecule has 148 valence electrons. The summed E-state index contributed by atoms with van der Waals surface area (Å²) in [6.45, 7) is 8.74. The van der Waals surface area contributed by atoms with Gasteiger partial charge >= 0.3 is 0 Å². The van der Waals surface area contributed by atoms with Gasteiger partial charge in [-0.25, -0.2) is 0 Å². The fourth-order valence-corrected chi connectivity index (χ4v) is 3.26. The molecule has 0 aliphatic carbocycles. The molecule has 2 atom stereocenters. The van der Waals surface area contributed by atoms with Crippen molar-refractivity contribution in [1.82, 2.24) is 10.2 Å². The molecule has 6 heteroatoms. The third-order valence-electron chi connectivity index (χ3n) is 4.78. The molecule has 0 unspecified atom stereocenters. The standard InChI is InChI=1S/C22H26N2O4/c1-14-7-8-18(10-15(14)2)21(25)23-20(11-19-6-5-9-27-19)22(26)24-12-16(3)28-17(4)13-24/h5-11,16-17H,12-13H2,1-4H3,(H,23,25)/b20-11-/t16-,17-/m0/s1. The molecule has 3 rings (SSSR count). The quantitative estimate of drug-likeness (QED) is 0.824. The van der Waals surface area contributed by atoms with Crippen molar-refractivity contribution in [2.75, 3.05) is 13.1 Å². The fourth-order valence-electron chi connectivity index (χ4n) is 3.26. The van der Waals surface area contributed by atoms with E-state index in [1.165, 1.54) is 6.26 Å². The SMILES string of the molecule is Cc1ccc(C(=O)N/C(=C\c2ccco2)C(=O)N2C[C@H](C)O[C@@H](C)C2)cc1C. The van der Waals surface area contributed by atoms with Crippen LogP contribution in [-0.2, 0) is 9.53 Å². The number of nitrogens with one attached hydrogen (secondary N) is 1. The van der Waals surface area contributed by atoms with Crippen molar-refractivity contribution in [2.24, 2.45) is 0 Å². The van der Waals surface area contributed by atoms with Gasteiger partial charge in [-0.2, -0.15) is 0 Å². The van der Waals surface area contributed by atoms with Crippen LogP contribution in [-0.4, -0.2) is 42.0 Å². The normalized spacial score (nSPS) is 20.1. The monoisotopic (exact) mass is 382 g/mol. The van der Waals surface area contributed by atoms with Crippen molar-refractivity contribution < 1.29 is 18.7 Å². The lowest BCUT2D eigenvalue weighted by Crippen LogP contribution is -2.50. The number of carbonyl (C=O) groups excluding carboxylic acids is 2. The van der Waals surface area contributed by atoms with Crippen LogP contribution in [0.5, 0.6) is 0 Å². The topological polar surface area (TPSA) is 71.8 Å². The van der Waals surface area contributed by atoms with Gasteiger partial charge in [-0.3, -0.25) is 9.59 Å². The summed E-state index contributed by atoms with van der Waals surface area (Å²) in [7, 11) is 0. The minimum absolute atomic E-state index is 0.0620. The number of hydrogen-bond acceptors (Lipinski definition) is 4. The van der Waals surface area contributed by atoms with E-state index in [-0.39, 0.29) is 29.7 Å². The van der Waals surface area contributed by atoms with Crippen molar-refractivity contribution in [3.05, 3.63) is 64.7 Å². The minimum atomic E-state index is -0.330. The van der Waals surface area contributed by atoms with Gasteiger partial charge < -0.3 is 19.4 Å². The first-order valence-electron chi connectivity index (χ1n) is 9.42. The lowest BCUT2D eigenvalue weighted by Gasteiger charge is -2.35. The van der Waals surface area contributed by atoms with E-state index >= 15 is 0 Å². The third-order valence-corrected chi connectivity index (χ3v) is 4.78. The second kappa shape index (κ2) is 8.44. The third kappa shape index (κ3) is 4.70. The molecule has 1 fully saturated rings. The number of benzene rings is 1. The molecule has 0 radical (unpaired) electrons. The van der Waals surface area contributed by atoms with Crippen LogP contribution in [0.15, 0.2) is 46.7 Å². The summed E-state index contributed by atoms with van der Waals surface area (Å²) >= 11 is 0. The minimum Gasteiger partial charge on any atom is -0.465 e. The highest BCUT2D eigenvalue weighted by molar-refractivity contribution is 6.05. The second-order valence-corrected chi connectivity index (χ2v) is 7.29. The van der Waals surface area contributed by atoms with Crippen LogP contribution in [0.25, 0.3) is 6.08 Å². The highest BCUT2D eigenvalue weighted by Gasteiger charge is 2.28. The number of hydrogen-bond donors (Lipinski definition) is 1. The van der Waals surface area contributed by atoms with Gasteiger partial charge in [-0.1, -0.05) is 6.07 Å². The van der Waals surface area contributed by atoms with Gasteiger partial charge in [0.15, 0.2) is 0 Å². The number of ether oxygens (including phenoxy) is 1. The number of aryl methyl sites for hydroxylation is 2. The average molecular weight is 382 g/mol. The van der Waals surface area contributed by atoms with Crippen molar-refractivity contribution in [2.45, 2.75) is 39.9 Å². The van der Waals surface area contributed by atoms with Crippen molar-refractivity contribution in [1.29, 1.82) is 0 Å². The Balaban J connectivity index is 1.86. The first-order chi connectivity index (χ1) is 13.3. The summed E-state index contributed by atoms with van der Waals surface area (Å²) in [6, 6.07) is 8.94. The van der Waals surface area contributed by atoms with Crippen LogP contribution in [0.4, 0.5) is 0 Å². The van der Waals surface area contributed by atoms with Crippen LogP contribution in [0.3, 0.4) is 0 Å². The molecule has 1 N–H and O–H groups in total. The molecule has 1 aromatic heterocycles. The number of nitrogens with zero attached hydrogens (tertiary/aromatic N) is 1. The molecule has 0 bridgehead atoms. The maximum atomic E-state index is 13.1. The van der Waals surface area contributed by atoms with E-state index in [4.69, 9.17) is 9.15 Å². The molecule has 0 saturated carbocycles. The Bertz CT molecular complexity index is 876. The summed E-state index contributed by atoms with van der Waals surface area (Å²) in [4.78, 5) is 27.6. The van der Waals surface area contributed by atoms with Crippen LogP contribution in [0.1, 0.15) is 41.1 Å². The molecule has 1 aromatic carbocycles. The Morgan fingerprint density at radius 2 is 1.82 bits per heavy atom. The Labute approximate surface area is 165 Å². The summed E-state index contributed by atoms with van der Waals surface area (Å²) < 4.78 is 11.1. The molecule has 2 heterocycles. The summed E-state index contributed by atoms with van der Waals surface area (Å²) in [5, 5.41) is 2.78. The molecule has 1 aliphatic heterocycles. The number of furan rings is 1. The van der Waals surface area contributed by atoms with Gasteiger partial charge in [0, 0.05) is 24.7 Å². The maximum absolute atomic E-state index is 13.1. The average Bonchev–Trinajstić information content (AvgIpc) is 3.15. The van der Waals surface area contributed by atoms with Crippen LogP contribution in [0, 0.1) is 13.8 Å². The van der Waals surface area contributed by atoms with Gasteiger partial charge in [0.1, 0.15) is 11.5 Å². The lowest BCUT2D eigenvalue weighted by molar-refractivity contribution is -0.139. The zero-order chi connectivity index (χ0) is 20.3. The highest BCUT2D eigenvalue weighted by atomic mass is 16.5. The van der Waals surface area contributed by atoms with Crippen LogP contribution < -0.4 is 5.32 Å². The second-order valence-electron chi connectivity index (χ2n) is 7.29. The van der Waals surface area contributed by atoms with E-state index in [9.17, 15) is 9.59 Å². The molecular formula is C22H26N2O4. The number of morpholine rings is 1. The Kier molecular flexibility index (Phi) is 5.99. The molecule has 1 saturated heterocycles. The van der Waals surface area contributed by atoms with Gasteiger partial charge in [0.25, 0.3) is 11.8 Å². The predicted molar refractivity (Wildman–Crippen MR) is 107 cm³/mol. The number of carbonyl (C=O) groups is 2. The largest absolute Gasteiger partial charge is 0.465 e. The van der Waals surface area contributed by atoms with E-state index in [1.807, 2.05) is 39.8 Å². The Morgan fingerprint density at radius 3 is 2.43 bits per heavy atom. The van der Waals surface area contributed by atoms with Gasteiger partial charge in [-0.05, 0) is 63.1 Å². The van der Waals surface area contributed by atoms with E-state index in [1.54, 1.807) is 29.2 Å². The summed E-state index contributed by atoms with van der Waals surface area (Å²) in [5.74, 6) is -0.0858. The lowest BCUT2D eigenvalue weighted by atomic mass is 10.1. The van der Waals surface area contributed by atoms with Gasteiger partial charge in [-0.15, -0.1) is 0 Å². The molecule has 2 amide bonds. The zero-order valence-corrected chi connectivity index (χ0v) is 16.7. The number of amides is 2. The zero-order valence-electron chi connectivity index (χ0n) is 16.7. The first-order valence-corrected chi connectivity index (χ1v) is 9.42. The fraction of sp³-hybridized carbons (Fsp3) is 0.364. The molecule has 2 aromatic rings. The van der Waals surface area contributed by atoms with Crippen LogP contribution in [0.2, 0.25) is 0 Å². The molecule has 28 heavy (non-hydrogen) atoms. The molecule has 0 spiro atoms. The highest BCUT2D eigenvalue weighted by Crippen LogP contribution is 2.16. The predicted octanol–water partition coefficient (Wildman–Crippen LogP) is 3.30. The molecular weight excluding hydrogens is 356 g/mol. The molecule has 1 aliphatic rings. The van der Waals surface area contributed by atoms with Crippen molar-refractivity contribution >= 4 is 17.9 Å². The van der Waals surface area contributed by atoms with Crippen molar-refractivity contribution in [3.63, 3.8) is 0 Å². The Morgan fingerprint density at radius 1 is 1.11 bits per heavy atom. The number of rotatable bonds is 4. The van der Waals surface area contributed by atoms with Gasteiger partial charge in [0.05, 0.1) is 18.5 Å². The van der Waals surface area contributed by atoms with Gasteiger partial charge in [0.2, 0.25) is 0 Å². The van der Waals surface area contributed by atoms with E-state index < -0.39 is 0 Å². The molecule has 6 nitrogen and oxygen atoms in total. The van der Waals surface area contributed by atoms with E-state index in [2.05, 4.69) is 5.32 Å². The maximum Gasteiger partial charge on any atom is 0.270 e. The van der Waals surface area contributed by atoms with E-state index in [0.29, 0.717) is 24.4 Å². The van der Waals surface area contributed by atoms with Crippen LogP contribution >= 0.6 is 0 Å². The van der Waals surface area contributed by atoms with E-state index in [0.717, 1.165) is 11.1 Å². The summed E-state index contributed by atoms with van der Waals surface area (Å²) in [6.07, 6.45) is 2.96. The summed E-state index contributed by atoms with van der Waals surface area (Å²) in [5.41, 5.74) is 2.81.